The lowest BCUT2D eigenvalue weighted by molar-refractivity contribution is -0.0703. The van der Waals surface area contributed by atoms with Gasteiger partial charge in [-0.2, -0.15) is 0 Å². The highest BCUT2D eigenvalue weighted by Gasteiger charge is 2.53. The van der Waals surface area contributed by atoms with Crippen LogP contribution in [0.3, 0.4) is 0 Å². The Kier molecular flexibility index (Phi) is 5.93. The zero-order valence-electron chi connectivity index (χ0n) is 20.3. The van der Waals surface area contributed by atoms with E-state index in [1.807, 2.05) is 17.0 Å². The zero-order valence-corrected chi connectivity index (χ0v) is 20.3. The zero-order chi connectivity index (χ0) is 24.8. The highest BCUT2D eigenvalue weighted by atomic mass is 19.1. The number of carbonyl (C=O) groups excluding carboxylic acids is 1. The van der Waals surface area contributed by atoms with E-state index in [0.29, 0.717) is 12.6 Å². The largest absolute Gasteiger partial charge is 0.451 e. The van der Waals surface area contributed by atoms with Gasteiger partial charge in [-0.15, -0.1) is 0 Å². The number of alkyl halides is 1. The van der Waals surface area contributed by atoms with Crippen LogP contribution in [-0.4, -0.2) is 65.5 Å². The molecule has 0 N–H and O–H groups in total. The van der Waals surface area contributed by atoms with Crippen molar-refractivity contribution in [2.75, 3.05) is 26.2 Å². The average Bonchev–Trinajstić information content (AvgIpc) is 3.24. The Bertz CT molecular complexity index is 1130. The smallest absolute Gasteiger partial charge is 0.410 e. The molecule has 1 spiro atoms. The van der Waals surface area contributed by atoms with Gasteiger partial charge in [-0.25, -0.2) is 18.6 Å². The minimum atomic E-state index is -1.26. The van der Waals surface area contributed by atoms with Crippen LogP contribution in [0.2, 0.25) is 0 Å². The van der Waals surface area contributed by atoms with E-state index in [1.165, 1.54) is 22.6 Å². The van der Waals surface area contributed by atoms with Gasteiger partial charge in [0.15, 0.2) is 5.60 Å². The fraction of sp³-hybridized carbons (Fsp3) is 0.481. The molecule has 3 heterocycles. The fourth-order valence-electron chi connectivity index (χ4n) is 5.14. The molecule has 6 nitrogen and oxygen atoms in total. The molecule has 3 aliphatic rings. The third kappa shape index (κ3) is 4.58. The van der Waals surface area contributed by atoms with Gasteiger partial charge in [0.05, 0.1) is 19.1 Å². The van der Waals surface area contributed by atoms with E-state index in [1.54, 1.807) is 32.9 Å². The van der Waals surface area contributed by atoms with Crippen molar-refractivity contribution in [3.63, 3.8) is 0 Å². The van der Waals surface area contributed by atoms with Crippen molar-refractivity contribution in [2.24, 2.45) is 4.99 Å². The van der Waals surface area contributed by atoms with Crippen molar-refractivity contribution in [3.05, 3.63) is 71.0 Å². The highest BCUT2D eigenvalue weighted by molar-refractivity contribution is 5.78. The summed E-state index contributed by atoms with van der Waals surface area (Å²) in [5.41, 5.74) is 1.33. The lowest BCUT2D eigenvalue weighted by Gasteiger charge is -2.43. The van der Waals surface area contributed by atoms with E-state index in [2.05, 4.69) is 17.1 Å². The summed E-state index contributed by atoms with van der Waals surface area (Å²) in [6.45, 7) is 6.50. The van der Waals surface area contributed by atoms with Gasteiger partial charge in [0.25, 0.3) is 6.02 Å². The first kappa shape index (κ1) is 23.6. The van der Waals surface area contributed by atoms with Crippen molar-refractivity contribution >= 4 is 12.1 Å². The van der Waals surface area contributed by atoms with Crippen LogP contribution in [0.4, 0.5) is 13.6 Å². The van der Waals surface area contributed by atoms with E-state index in [0.717, 1.165) is 17.5 Å². The molecule has 0 radical (unpaired) electrons. The Morgan fingerprint density at radius 2 is 1.89 bits per heavy atom. The number of rotatable bonds is 1. The maximum absolute atomic E-state index is 15.3. The van der Waals surface area contributed by atoms with Crippen molar-refractivity contribution < 1.29 is 23.0 Å². The van der Waals surface area contributed by atoms with E-state index >= 15 is 4.39 Å². The minimum Gasteiger partial charge on any atom is -0.451 e. The van der Waals surface area contributed by atoms with Crippen molar-refractivity contribution in [2.45, 2.75) is 57.0 Å². The summed E-state index contributed by atoms with van der Waals surface area (Å²) >= 11 is 0. The summed E-state index contributed by atoms with van der Waals surface area (Å²) in [5.74, 6) is -0.303. The molecule has 3 aliphatic heterocycles. The van der Waals surface area contributed by atoms with Crippen LogP contribution in [-0.2, 0) is 15.9 Å². The number of carbonyl (C=O) groups is 1. The first-order valence-corrected chi connectivity index (χ1v) is 12.1. The number of hydrogen-bond acceptors (Lipinski definition) is 5. The molecule has 1 amide bonds. The number of amides is 1. The summed E-state index contributed by atoms with van der Waals surface area (Å²) in [7, 11) is 0. The van der Waals surface area contributed by atoms with E-state index in [9.17, 15) is 9.18 Å². The van der Waals surface area contributed by atoms with E-state index < -0.39 is 23.5 Å². The average molecular weight is 484 g/mol. The number of nitrogens with zero attached hydrogens (tertiary/aromatic N) is 3. The quantitative estimate of drug-likeness (QED) is 0.580. The lowest BCUT2D eigenvalue weighted by Crippen LogP contribution is -2.60. The molecule has 0 saturated carbocycles. The number of hydrogen-bond donors (Lipinski definition) is 0. The Labute approximate surface area is 204 Å². The van der Waals surface area contributed by atoms with Crippen LogP contribution in [0.1, 0.15) is 49.9 Å². The summed E-state index contributed by atoms with van der Waals surface area (Å²) in [4.78, 5) is 20.9. The second kappa shape index (κ2) is 8.81. The summed E-state index contributed by atoms with van der Waals surface area (Å²) in [6.07, 6.45) is -0.792. The number of piperidine rings is 1. The number of aliphatic imine (C=N–C) groups is 1. The fourth-order valence-corrected chi connectivity index (χ4v) is 5.14. The third-order valence-corrected chi connectivity index (χ3v) is 6.82. The lowest BCUT2D eigenvalue weighted by atomic mass is 9.88. The maximum Gasteiger partial charge on any atom is 0.410 e. The molecule has 3 atom stereocenters. The van der Waals surface area contributed by atoms with Crippen LogP contribution in [0.25, 0.3) is 0 Å². The van der Waals surface area contributed by atoms with Gasteiger partial charge in [-0.05, 0) is 56.0 Å². The van der Waals surface area contributed by atoms with Gasteiger partial charge in [0, 0.05) is 19.5 Å². The minimum absolute atomic E-state index is 0.0712. The van der Waals surface area contributed by atoms with Gasteiger partial charge in [0.1, 0.15) is 17.6 Å². The van der Waals surface area contributed by atoms with Gasteiger partial charge in [-0.1, -0.05) is 36.4 Å². The predicted octanol–water partition coefficient (Wildman–Crippen LogP) is 4.88. The van der Waals surface area contributed by atoms with E-state index in [-0.39, 0.29) is 37.9 Å². The standard InChI is InChI=1S/C27H31F2N3O3/c1-26(2,3)35-25(33)31-14-13-22(29)27(17-31)16-30-24(34-27)32-15-12-18-6-4-5-7-21(18)23(32)19-8-10-20(28)11-9-19/h4-11,22-23H,12-17H2,1-3H3/t22?,23-,27?/m0/s1. The summed E-state index contributed by atoms with van der Waals surface area (Å²) in [6, 6.07) is 14.7. The Morgan fingerprint density at radius 3 is 2.63 bits per heavy atom. The summed E-state index contributed by atoms with van der Waals surface area (Å²) < 4.78 is 40.8. The van der Waals surface area contributed by atoms with E-state index in [4.69, 9.17) is 9.47 Å². The Balaban J connectivity index is 1.41. The molecule has 5 rings (SSSR count). The normalized spacial score (nSPS) is 26.3. The molecule has 1 saturated heterocycles. The maximum atomic E-state index is 15.3. The number of benzene rings is 2. The molecule has 2 aromatic carbocycles. The van der Waals surface area contributed by atoms with Crippen molar-refractivity contribution in [1.29, 1.82) is 0 Å². The number of likely N-dealkylation sites (tertiary alicyclic amines) is 1. The van der Waals surface area contributed by atoms with Gasteiger partial charge < -0.3 is 19.3 Å². The number of amidine groups is 1. The Morgan fingerprint density at radius 1 is 1.14 bits per heavy atom. The van der Waals surface area contributed by atoms with Gasteiger partial charge >= 0.3 is 6.09 Å². The molecule has 0 aliphatic carbocycles. The second-order valence-corrected chi connectivity index (χ2v) is 10.5. The van der Waals surface area contributed by atoms with Crippen molar-refractivity contribution in [1.82, 2.24) is 9.80 Å². The third-order valence-electron chi connectivity index (χ3n) is 6.82. The van der Waals surface area contributed by atoms with Crippen LogP contribution in [0.5, 0.6) is 0 Å². The van der Waals surface area contributed by atoms with Crippen LogP contribution in [0.15, 0.2) is 53.5 Å². The molecule has 35 heavy (non-hydrogen) atoms. The first-order chi connectivity index (χ1) is 16.7. The number of fused-ring (bicyclic) bond motifs is 1. The van der Waals surface area contributed by atoms with Crippen LogP contribution in [0, 0.1) is 5.82 Å². The molecule has 2 unspecified atom stereocenters. The van der Waals surface area contributed by atoms with Gasteiger partial charge in [-0.3, -0.25) is 0 Å². The highest BCUT2D eigenvalue weighted by Crippen LogP contribution is 2.39. The van der Waals surface area contributed by atoms with Crippen LogP contribution < -0.4 is 0 Å². The topological polar surface area (TPSA) is 54.4 Å². The molecule has 2 aromatic rings. The molecular formula is C27H31F2N3O3. The first-order valence-electron chi connectivity index (χ1n) is 12.1. The monoisotopic (exact) mass is 483 g/mol. The van der Waals surface area contributed by atoms with Crippen LogP contribution >= 0.6 is 0 Å². The Hall–Kier alpha value is -3.16. The predicted molar refractivity (Wildman–Crippen MR) is 129 cm³/mol. The summed E-state index contributed by atoms with van der Waals surface area (Å²) in [5, 5.41) is 0. The molecule has 0 aromatic heterocycles. The van der Waals surface area contributed by atoms with Crippen molar-refractivity contribution in [3.8, 4) is 0 Å². The molecule has 1 fully saturated rings. The molecular weight excluding hydrogens is 452 g/mol. The second-order valence-electron chi connectivity index (χ2n) is 10.5. The molecule has 8 heteroatoms. The SMILES string of the molecule is CC(C)(C)OC(=O)N1CCC(F)C2(CN=C(N3CCc4ccccc4[C@@H]3c3ccc(F)cc3)O2)C1. The number of ether oxygens (including phenoxy) is 2. The molecule has 0 bridgehead atoms. The molecule has 186 valence electrons. The van der Waals surface area contributed by atoms with Gasteiger partial charge in [0.2, 0.25) is 0 Å². The number of halogens is 2.